The zero-order valence-corrected chi connectivity index (χ0v) is 23.6. The van der Waals surface area contributed by atoms with Gasteiger partial charge in [0.25, 0.3) is 0 Å². The van der Waals surface area contributed by atoms with Gasteiger partial charge < -0.3 is 9.47 Å². The molecule has 0 spiro atoms. The van der Waals surface area contributed by atoms with Crippen molar-refractivity contribution in [2.45, 2.75) is 32.4 Å². The molecule has 7 nitrogen and oxygen atoms in total. The fourth-order valence-electron chi connectivity index (χ4n) is 3.60. The average Bonchev–Trinajstić information content (AvgIpc) is 3.13. The van der Waals surface area contributed by atoms with Crippen molar-refractivity contribution in [1.29, 1.82) is 0 Å². The highest BCUT2D eigenvalue weighted by Crippen LogP contribution is 2.39. The molecule has 2 heterocycles. The van der Waals surface area contributed by atoms with E-state index in [1.165, 1.54) is 9.20 Å². The van der Waals surface area contributed by atoms with Gasteiger partial charge in [0.05, 0.1) is 13.2 Å². The lowest BCUT2D eigenvalue weighted by Gasteiger charge is -2.15. The summed E-state index contributed by atoms with van der Waals surface area (Å²) in [4.78, 5) is 13.1. The Balaban J connectivity index is 1.66. The van der Waals surface area contributed by atoms with Gasteiger partial charge in [-0.1, -0.05) is 78.7 Å². The third-order valence-corrected chi connectivity index (χ3v) is 8.01. The van der Waals surface area contributed by atoms with E-state index in [0.717, 1.165) is 17.2 Å². The van der Waals surface area contributed by atoms with Gasteiger partial charge in [-0.3, -0.25) is 0 Å². The summed E-state index contributed by atoms with van der Waals surface area (Å²) in [5.41, 5.74) is 2.76. The first-order valence-electron chi connectivity index (χ1n) is 11.5. The molecule has 0 aliphatic heterocycles. The lowest BCUT2D eigenvalue weighted by atomic mass is 9.97. The van der Waals surface area contributed by atoms with Crippen LogP contribution in [0.3, 0.4) is 0 Å². The standard InChI is InChI=1S/C25H27Cl3N4O3Si/c1-36(2,3)15-14-34-12-13-35-16-31-25(33)32-24(30-31)22(18-6-10-20(27)11-7-18)21(23(28)29-32)17-4-8-19(26)9-5-17/h4-11H,12-16H2,1-3H3. The van der Waals surface area contributed by atoms with E-state index in [9.17, 15) is 4.79 Å². The minimum absolute atomic E-state index is 0.0342. The lowest BCUT2D eigenvalue weighted by Crippen LogP contribution is -2.25. The van der Waals surface area contributed by atoms with Crippen molar-refractivity contribution >= 4 is 48.5 Å². The first-order chi connectivity index (χ1) is 17.1. The second kappa shape index (κ2) is 11.5. The van der Waals surface area contributed by atoms with E-state index in [1.807, 2.05) is 24.3 Å². The molecule has 0 N–H and O–H groups in total. The van der Waals surface area contributed by atoms with E-state index in [1.54, 1.807) is 24.3 Å². The van der Waals surface area contributed by atoms with Crippen LogP contribution in [-0.4, -0.2) is 47.3 Å². The number of hydrogen-bond donors (Lipinski definition) is 0. The van der Waals surface area contributed by atoms with E-state index in [2.05, 4.69) is 29.8 Å². The van der Waals surface area contributed by atoms with Crippen LogP contribution < -0.4 is 5.69 Å². The Morgan fingerprint density at radius 1 is 0.778 bits per heavy atom. The summed E-state index contributed by atoms with van der Waals surface area (Å²) in [5, 5.41) is 10.2. The summed E-state index contributed by atoms with van der Waals surface area (Å²) >= 11 is 18.9. The molecule has 4 rings (SSSR count). The summed E-state index contributed by atoms with van der Waals surface area (Å²) in [6.45, 7) is 8.40. The van der Waals surface area contributed by atoms with Crippen molar-refractivity contribution in [2.24, 2.45) is 0 Å². The summed E-state index contributed by atoms with van der Waals surface area (Å²) < 4.78 is 13.7. The molecule has 0 atom stereocenters. The molecule has 0 radical (unpaired) electrons. The van der Waals surface area contributed by atoms with Crippen molar-refractivity contribution in [3.8, 4) is 22.3 Å². The quantitative estimate of drug-likeness (QED) is 0.162. The maximum atomic E-state index is 13.1. The summed E-state index contributed by atoms with van der Waals surface area (Å²) in [6.07, 6.45) is 0. The molecule has 0 amide bonds. The third kappa shape index (κ3) is 6.37. The minimum atomic E-state index is -1.13. The van der Waals surface area contributed by atoms with Gasteiger partial charge in [0.15, 0.2) is 10.8 Å². The summed E-state index contributed by atoms with van der Waals surface area (Å²) in [5.74, 6) is 0. The number of fused-ring (bicyclic) bond motifs is 1. The largest absolute Gasteiger partial charge is 0.379 e. The Labute approximate surface area is 225 Å². The molecule has 2 aromatic carbocycles. The van der Waals surface area contributed by atoms with Crippen LogP contribution >= 0.6 is 34.8 Å². The Morgan fingerprint density at radius 2 is 1.33 bits per heavy atom. The Bertz CT molecular complexity index is 1400. The fraction of sp³-hybridized carbons (Fsp3) is 0.320. The molecule has 0 aliphatic rings. The number of nitrogens with zero attached hydrogens (tertiary/aromatic N) is 4. The first kappa shape index (κ1) is 26.8. The highest BCUT2D eigenvalue weighted by atomic mass is 35.5. The summed E-state index contributed by atoms with van der Waals surface area (Å²) in [7, 11) is -1.13. The maximum Gasteiger partial charge on any atom is 0.369 e. The van der Waals surface area contributed by atoms with E-state index in [4.69, 9.17) is 44.3 Å². The van der Waals surface area contributed by atoms with Crippen molar-refractivity contribution in [2.75, 3.05) is 19.8 Å². The van der Waals surface area contributed by atoms with E-state index < -0.39 is 13.8 Å². The van der Waals surface area contributed by atoms with E-state index in [-0.39, 0.29) is 11.9 Å². The van der Waals surface area contributed by atoms with Crippen LogP contribution in [0.5, 0.6) is 0 Å². The van der Waals surface area contributed by atoms with Gasteiger partial charge in [-0.15, -0.1) is 10.2 Å². The number of ether oxygens (including phenoxy) is 2. The second-order valence-electron chi connectivity index (χ2n) is 9.53. The maximum absolute atomic E-state index is 13.1. The molecule has 0 saturated carbocycles. The number of halogens is 3. The molecule has 0 aliphatic carbocycles. The molecule has 4 aromatic rings. The van der Waals surface area contributed by atoms with Gasteiger partial charge in [0.2, 0.25) is 0 Å². The van der Waals surface area contributed by atoms with Gasteiger partial charge in [0.1, 0.15) is 6.73 Å². The molecule has 0 saturated heterocycles. The zero-order chi connectivity index (χ0) is 25.9. The van der Waals surface area contributed by atoms with E-state index in [0.29, 0.717) is 46.6 Å². The number of benzene rings is 2. The van der Waals surface area contributed by atoms with Crippen LogP contribution in [0, 0.1) is 0 Å². The molecular weight excluding hydrogens is 539 g/mol. The first-order valence-corrected chi connectivity index (χ1v) is 16.3. The molecule has 2 aromatic heterocycles. The predicted octanol–water partition coefficient (Wildman–Crippen LogP) is 6.51. The molecule has 0 fully saturated rings. The van der Waals surface area contributed by atoms with Gasteiger partial charge in [-0.2, -0.15) is 9.20 Å². The van der Waals surface area contributed by atoms with Gasteiger partial charge in [0, 0.05) is 35.9 Å². The molecule has 11 heteroatoms. The molecular formula is C25H27Cl3N4O3Si. The molecule has 190 valence electrons. The second-order valence-corrected chi connectivity index (χ2v) is 16.4. The number of aromatic nitrogens is 4. The Kier molecular flexibility index (Phi) is 8.54. The van der Waals surface area contributed by atoms with Gasteiger partial charge in [-0.25, -0.2) is 4.79 Å². The minimum Gasteiger partial charge on any atom is -0.379 e. The van der Waals surface area contributed by atoms with Crippen LogP contribution in [0.25, 0.3) is 27.9 Å². The van der Waals surface area contributed by atoms with Gasteiger partial charge in [-0.05, 0) is 41.4 Å². The SMILES string of the molecule is C[Si](C)(C)CCOCCOCn1nc2c(-c3ccc(Cl)cc3)c(-c3ccc(Cl)cc3)c(Cl)nn2c1=O. The monoisotopic (exact) mass is 564 g/mol. The average molecular weight is 566 g/mol. The molecule has 0 bridgehead atoms. The highest BCUT2D eigenvalue weighted by Gasteiger charge is 2.22. The van der Waals surface area contributed by atoms with Crippen LogP contribution in [-0.2, 0) is 16.2 Å². The van der Waals surface area contributed by atoms with Crippen molar-refractivity contribution < 1.29 is 9.47 Å². The number of rotatable bonds is 10. The van der Waals surface area contributed by atoms with Crippen molar-refractivity contribution in [3.63, 3.8) is 0 Å². The Morgan fingerprint density at radius 3 is 1.92 bits per heavy atom. The Hall–Kier alpha value is -2.20. The predicted molar refractivity (Wildman–Crippen MR) is 148 cm³/mol. The van der Waals surface area contributed by atoms with Crippen LogP contribution in [0.15, 0.2) is 53.3 Å². The highest BCUT2D eigenvalue weighted by molar-refractivity contribution is 6.76. The zero-order valence-electron chi connectivity index (χ0n) is 20.3. The molecule has 0 unspecified atom stereocenters. The lowest BCUT2D eigenvalue weighted by molar-refractivity contribution is 0.0162. The van der Waals surface area contributed by atoms with Crippen LogP contribution in [0.1, 0.15) is 0 Å². The van der Waals surface area contributed by atoms with Crippen LogP contribution in [0.2, 0.25) is 40.9 Å². The topological polar surface area (TPSA) is 70.7 Å². The van der Waals surface area contributed by atoms with Crippen LogP contribution in [0.4, 0.5) is 0 Å². The third-order valence-electron chi connectivity index (χ3n) is 5.53. The number of hydrogen-bond acceptors (Lipinski definition) is 5. The normalized spacial score (nSPS) is 11.9. The van der Waals surface area contributed by atoms with E-state index >= 15 is 0 Å². The summed E-state index contributed by atoms with van der Waals surface area (Å²) in [6, 6.07) is 15.6. The van der Waals surface area contributed by atoms with Crippen molar-refractivity contribution in [1.82, 2.24) is 19.4 Å². The van der Waals surface area contributed by atoms with Gasteiger partial charge >= 0.3 is 5.69 Å². The smallest absolute Gasteiger partial charge is 0.369 e. The molecule has 36 heavy (non-hydrogen) atoms. The fourth-order valence-corrected chi connectivity index (χ4v) is 4.89. The van der Waals surface area contributed by atoms with Crippen molar-refractivity contribution in [3.05, 3.63) is 74.2 Å².